The van der Waals surface area contributed by atoms with Crippen LogP contribution in [-0.4, -0.2) is 38.1 Å². The molecule has 29 heavy (non-hydrogen) atoms. The molecule has 0 fully saturated rings. The molecule has 0 spiro atoms. The lowest BCUT2D eigenvalue weighted by Crippen LogP contribution is -2.31. The lowest BCUT2D eigenvalue weighted by molar-refractivity contribution is -0.116. The zero-order valence-corrected chi connectivity index (χ0v) is 16.9. The summed E-state index contributed by atoms with van der Waals surface area (Å²) >= 11 is 0. The quantitative estimate of drug-likeness (QED) is 0.396. The van der Waals surface area contributed by atoms with Crippen LogP contribution in [0.2, 0.25) is 0 Å². The van der Waals surface area contributed by atoms with Crippen molar-refractivity contribution in [3.8, 4) is 12.3 Å². The van der Waals surface area contributed by atoms with Crippen LogP contribution in [0.3, 0.4) is 0 Å². The first kappa shape index (κ1) is 20.1. The van der Waals surface area contributed by atoms with Gasteiger partial charge in [0.25, 0.3) is 11.7 Å². The van der Waals surface area contributed by atoms with Crippen molar-refractivity contribution in [2.45, 2.75) is 20.3 Å². The summed E-state index contributed by atoms with van der Waals surface area (Å²) in [7, 11) is 3.63. The van der Waals surface area contributed by atoms with Crippen LogP contribution < -0.4 is 5.32 Å². The summed E-state index contributed by atoms with van der Waals surface area (Å²) in [6.45, 7) is 3.37. The van der Waals surface area contributed by atoms with E-state index in [1.165, 1.54) is 0 Å². The van der Waals surface area contributed by atoms with E-state index in [1.54, 1.807) is 31.8 Å². The number of hydrogen-bond acceptors (Lipinski definition) is 4. The van der Waals surface area contributed by atoms with Crippen molar-refractivity contribution in [3.63, 3.8) is 0 Å². The van der Waals surface area contributed by atoms with Gasteiger partial charge >= 0.3 is 0 Å². The van der Waals surface area contributed by atoms with Gasteiger partial charge < -0.3 is 14.5 Å². The van der Waals surface area contributed by atoms with Gasteiger partial charge in [0.2, 0.25) is 0 Å². The molecule has 1 aromatic carbocycles. The van der Waals surface area contributed by atoms with Crippen LogP contribution in [0.1, 0.15) is 37.7 Å². The summed E-state index contributed by atoms with van der Waals surface area (Å²) in [4.78, 5) is 42.0. The van der Waals surface area contributed by atoms with Gasteiger partial charge in [-0.15, -0.1) is 6.42 Å². The van der Waals surface area contributed by atoms with E-state index in [0.29, 0.717) is 17.0 Å². The summed E-state index contributed by atoms with van der Waals surface area (Å²) < 4.78 is 3.58. The van der Waals surface area contributed by atoms with Gasteiger partial charge in [0.05, 0.1) is 35.2 Å². The van der Waals surface area contributed by atoms with Gasteiger partial charge in [-0.1, -0.05) is 12.0 Å². The number of carbonyl (C=O) groups is 3. The Morgan fingerprint density at radius 3 is 2.62 bits per heavy atom. The highest BCUT2D eigenvalue weighted by atomic mass is 16.2. The molecule has 0 unspecified atom stereocenters. The number of amides is 1. The molecule has 3 rings (SSSR count). The maximum atomic E-state index is 13.0. The minimum Gasteiger partial charge on any atom is -0.345 e. The number of hydrogen-bond donors (Lipinski definition) is 1. The zero-order chi connectivity index (χ0) is 21.3. The monoisotopic (exact) mass is 390 g/mol. The number of rotatable bonds is 6. The van der Waals surface area contributed by atoms with Gasteiger partial charge in [-0.25, -0.2) is 4.98 Å². The van der Waals surface area contributed by atoms with Gasteiger partial charge in [-0.05, 0) is 37.1 Å². The van der Waals surface area contributed by atoms with Crippen LogP contribution >= 0.6 is 0 Å². The molecular weight excluding hydrogens is 368 g/mol. The first-order chi connectivity index (χ1) is 13.8. The number of nitrogens with zero attached hydrogens (tertiary/aromatic N) is 3. The minimum absolute atomic E-state index is 0.0305. The molecule has 0 aliphatic rings. The van der Waals surface area contributed by atoms with E-state index in [-0.39, 0.29) is 24.3 Å². The highest BCUT2D eigenvalue weighted by molar-refractivity contribution is 6.43. The topological polar surface area (TPSA) is 86.0 Å². The maximum absolute atomic E-state index is 13.0. The van der Waals surface area contributed by atoms with E-state index in [1.807, 2.05) is 29.8 Å². The molecule has 2 heterocycles. The molecule has 0 atom stereocenters. The van der Waals surface area contributed by atoms with Gasteiger partial charge in [0.15, 0.2) is 5.78 Å². The molecule has 1 N–H and O–H groups in total. The van der Waals surface area contributed by atoms with E-state index in [2.05, 4.69) is 16.2 Å². The maximum Gasteiger partial charge on any atom is 0.293 e. The molecule has 1 amide bonds. The molecule has 3 aromatic rings. The molecule has 0 aliphatic carbocycles. The average Bonchev–Trinajstić information content (AvgIpc) is 3.16. The number of carbonyl (C=O) groups excluding carboxylic acids is 3. The second-order valence-corrected chi connectivity index (χ2v) is 6.99. The van der Waals surface area contributed by atoms with Crippen LogP contribution in [0.15, 0.2) is 24.5 Å². The molecular formula is C22H22N4O3. The van der Waals surface area contributed by atoms with Gasteiger partial charge in [0, 0.05) is 26.2 Å². The fourth-order valence-electron chi connectivity index (χ4n) is 3.59. The van der Waals surface area contributed by atoms with Crippen molar-refractivity contribution >= 4 is 28.5 Å². The lowest BCUT2D eigenvalue weighted by Gasteiger charge is -2.06. The normalized spacial score (nSPS) is 10.7. The summed E-state index contributed by atoms with van der Waals surface area (Å²) in [5, 5.41) is 2.37. The zero-order valence-electron chi connectivity index (χ0n) is 16.9. The summed E-state index contributed by atoms with van der Waals surface area (Å²) in [6, 6.07) is 5.71. The van der Waals surface area contributed by atoms with Crippen molar-refractivity contribution < 1.29 is 14.4 Å². The third kappa shape index (κ3) is 3.57. The standard InChI is InChI=1S/C22H22N4O3/c1-6-9-23-22(29)21(28)19-13(2)20(26(5)14(19)3)18(27)11-15-7-8-17-16(10-15)24-12-25(17)4/h1,7-8,10,12H,9,11H2,2-5H3,(H,23,29). The summed E-state index contributed by atoms with van der Waals surface area (Å²) in [5.74, 6) is 0.654. The number of nitrogens with one attached hydrogen (secondary N) is 1. The number of benzene rings is 1. The Kier molecular flexibility index (Phi) is 5.37. The number of fused-ring (bicyclic) bond motifs is 1. The van der Waals surface area contributed by atoms with Crippen LogP contribution in [0.4, 0.5) is 0 Å². The lowest BCUT2D eigenvalue weighted by atomic mass is 10.0. The molecule has 2 aromatic heterocycles. The van der Waals surface area contributed by atoms with Crippen LogP contribution in [0.5, 0.6) is 0 Å². The van der Waals surface area contributed by atoms with Crippen molar-refractivity contribution in [3.05, 3.63) is 52.6 Å². The van der Waals surface area contributed by atoms with Gasteiger partial charge in [-0.3, -0.25) is 14.4 Å². The van der Waals surface area contributed by atoms with Crippen molar-refractivity contribution in [2.75, 3.05) is 6.54 Å². The van der Waals surface area contributed by atoms with Crippen LogP contribution in [0, 0.1) is 26.2 Å². The highest BCUT2D eigenvalue weighted by Crippen LogP contribution is 2.24. The predicted octanol–water partition coefficient (Wildman–Crippen LogP) is 1.89. The SMILES string of the molecule is C#CCNC(=O)C(=O)c1c(C)c(C(=O)Cc2ccc3c(c2)ncn3C)n(C)c1C. The van der Waals surface area contributed by atoms with Crippen molar-refractivity contribution in [2.24, 2.45) is 14.1 Å². The van der Waals surface area contributed by atoms with Gasteiger partial charge in [0.1, 0.15) is 0 Å². The first-order valence-corrected chi connectivity index (χ1v) is 9.11. The number of terminal acetylenes is 1. The average molecular weight is 390 g/mol. The molecule has 148 valence electrons. The van der Waals surface area contributed by atoms with E-state index in [9.17, 15) is 14.4 Å². The number of imidazole rings is 1. The van der Waals surface area contributed by atoms with E-state index >= 15 is 0 Å². The van der Waals surface area contributed by atoms with E-state index < -0.39 is 11.7 Å². The second kappa shape index (κ2) is 7.76. The molecule has 7 heteroatoms. The van der Waals surface area contributed by atoms with Gasteiger partial charge in [-0.2, -0.15) is 0 Å². The summed E-state index contributed by atoms with van der Waals surface area (Å²) in [6.07, 6.45) is 7.02. The Hall–Kier alpha value is -3.66. The summed E-state index contributed by atoms with van der Waals surface area (Å²) in [5.41, 5.74) is 4.35. The fourth-order valence-corrected chi connectivity index (χ4v) is 3.59. The van der Waals surface area contributed by atoms with Crippen molar-refractivity contribution in [1.82, 2.24) is 19.4 Å². The third-order valence-electron chi connectivity index (χ3n) is 5.13. The number of aryl methyl sites for hydroxylation is 1. The van der Waals surface area contributed by atoms with Crippen LogP contribution in [-0.2, 0) is 25.3 Å². The largest absolute Gasteiger partial charge is 0.345 e. The molecule has 0 saturated carbocycles. The van der Waals surface area contributed by atoms with E-state index in [0.717, 1.165) is 16.6 Å². The Bertz CT molecular complexity index is 1190. The first-order valence-electron chi connectivity index (χ1n) is 9.11. The molecule has 0 aliphatic heterocycles. The van der Waals surface area contributed by atoms with E-state index in [4.69, 9.17) is 6.42 Å². The molecule has 7 nitrogen and oxygen atoms in total. The molecule has 0 bridgehead atoms. The van der Waals surface area contributed by atoms with Crippen LogP contribution in [0.25, 0.3) is 11.0 Å². The second-order valence-electron chi connectivity index (χ2n) is 6.99. The highest BCUT2D eigenvalue weighted by Gasteiger charge is 2.28. The van der Waals surface area contributed by atoms with Crippen molar-refractivity contribution in [1.29, 1.82) is 0 Å². The number of Topliss-reactive ketones (excluding diaryl/α,β-unsaturated/α-hetero) is 2. The molecule has 0 saturated heterocycles. The Morgan fingerprint density at radius 2 is 1.93 bits per heavy atom. The predicted molar refractivity (Wildman–Crippen MR) is 110 cm³/mol. The Morgan fingerprint density at radius 1 is 1.21 bits per heavy atom. The minimum atomic E-state index is -0.778. The fraction of sp³-hybridized carbons (Fsp3) is 0.273. The smallest absolute Gasteiger partial charge is 0.293 e. The number of aromatic nitrogens is 3. The number of ketones is 2. The molecule has 0 radical (unpaired) electrons. The third-order valence-corrected chi connectivity index (χ3v) is 5.13. The Balaban J connectivity index is 1.91. The Labute approximate surface area is 168 Å².